The maximum absolute atomic E-state index is 13.0. The summed E-state index contributed by atoms with van der Waals surface area (Å²) in [5, 5.41) is 11.3. The van der Waals surface area contributed by atoms with E-state index >= 15 is 0 Å². The van der Waals surface area contributed by atoms with Gasteiger partial charge in [-0.15, -0.1) is 0 Å². The number of carbonyl (C=O) groups excluding carboxylic acids is 1. The van der Waals surface area contributed by atoms with E-state index in [2.05, 4.69) is 10.3 Å². The van der Waals surface area contributed by atoms with Gasteiger partial charge in [0.25, 0.3) is 5.91 Å². The number of carbonyl (C=O) groups is 2. The molecule has 1 unspecified atom stereocenters. The summed E-state index contributed by atoms with van der Waals surface area (Å²) in [4.78, 5) is 27.9. The predicted molar refractivity (Wildman–Crippen MR) is 116 cm³/mol. The number of aliphatic imine (C=N–C) groups is 1. The number of thioether (sulfide) groups is 1. The number of carboxylic acids is 1. The van der Waals surface area contributed by atoms with E-state index in [1.807, 2.05) is 0 Å². The summed E-state index contributed by atoms with van der Waals surface area (Å²) in [6, 6.07) is 9.77. The Hall–Kier alpha value is -2.98. The Morgan fingerprint density at radius 2 is 2.03 bits per heavy atom. The smallest absolute Gasteiger partial charge is 0.417 e. The van der Waals surface area contributed by atoms with Crippen LogP contribution in [0.25, 0.3) is 6.08 Å². The van der Waals surface area contributed by atoms with Crippen LogP contribution in [-0.2, 0) is 15.8 Å². The number of halogens is 4. The van der Waals surface area contributed by atoms with Gasteiger partial charge < -0.3 is 15.2 Å². The number of ether oxygens (including phenoxy) is 1. The monoisotopic (exact) mass is 484 g/mol. The molecule has 0 aromatic heterocycles. The lowest BCUT2D eigenvalue weighted by atomic mass is 10.1. The number of amidine groups is 1. The third kappa shape index (κ3) is 5.63. The number of nitrogens with zero attached hydrogens (tertiary/aromatic N) is 1. The summed E-state index contributed by atoms with van der Waals surface area (Å²) in [5.74, 6) is -1.34. The molecular weight excluding hydrogens is 469 g/mol. The normalized spacial score (nSPS) is 17.5. The third-order valence-corrected chi connectivity index (χ3v) is 5.50. The second-order valence-corrected chi connectivity index (χ2v) is 7.97. The largest absolute Gasteiger partial charge is 0.479 e. The first-order valence-corrected chi connectivity index (χ1v) is 10.4. The van der Waals surface area contributed by atoms with E-state index in [1.54, 1.807) is 31.2 Å². The summed E-state index contributed by atoms with van der Waals surface area (Å²) in [7, 11) is 0. The molecule has 2 aromatic rings. The average molecular weight is 485 g/mol. The topological polar surface area (TPSA) is 88.0 Å². The molecule has 32 heavy (non-hydrogen) atoms. The molecule has 1 aliphatic rings. The summed E-state index contributed by atoms with van der Waals surface area (Å²) >= 11 is 6.54. The molecule has 2 N–H and O–H groups in total. The number of amides is 1. The molecule has 11 heteroatoms. The van der Waals surface area contributed by atoms with Crippen molar-refractivity contribution in [1.29, 1.82) is 0 Å². The minimum atomic E-state index is -4.64. The van der Waals surface area contributed by atoms with Crippen molar-refractivity contribution in [3.8, 4) is 5.75 Å². The number of rotatable bonds is 6. The van der Waals surface area contributed by atoms with Gasteiger partial charge in [-0.2, -0.15) is 13.2 Å². The van der Waals surface area contributed by atoms with E-state index in [9.17, 15) is 27.9 Å². The molecule has 0 aliphatic carbocycles. The Morgan fingerprint density at radius 3 is 2.69 bits per heavy atom. The molecule has 0 saturated carbocycles. The van der Waals surface area contributed by atoms with Crippen LogP contribution < -0.4 is 10.1 Å². The highest BCUT2D eigenvalue weighted by atomic mass is 35.5. The molecule has 168 valence electrons. The quantitative estimate of drug-likeness (QED) is 0.529. The molecule has 1 aliphatic heterocycles. The van der Waals surface area contributed by atoms with Crippen molar-refractivity contribution < 1.29 is 32.6 Å². The average Bonchev–Trinajstić information content (AvgIpc) is 3.06. The fourth-order valence-electron chi connectivity index (χ4n) is 2.71. The number of carboxylic acid groups (broad SMARTS) is 1. The Morgan fingerprint density at radius 1 is 1.31 bits per heavy atom. The number of nitrogens with one attached hydrogen (secondary N) is 1. The van der Waals surface area contributed by atoms with Crippen molar-refractivity contribution >= 4 is 52.2 Å². The number of alkyl halides is 3. The lowest BCUT2D eigenvalue weighted by Crippen LogP contribution is -2.26. The molecule has 1 atom stereocenters. The van der Waals surface area contributed by atoms with Crippen LogP contribution in [0.5, 0.6) is 5.75 Å². The molecule has 3 rings (SSSR count). The number of aliphatic carboxylic acids is 1. The van der Waals surface area contributed by atoms with Crippen LogP contribution in [0.2, 0.25) is 5.02 Å². The molecular formula is C21H16ClF3N2O4S. The Labute approximate surface area is 190 Å². The van der Waals surface area contributed by atoms with E-state index in [0.29, 0.717) is 5.56 Å². The summed E-state index contributed by atoms with van der Waals surface area (Å²) in [6.07, 6.45) is -3.95. The van der Waals surface area contributed by atoms with Gasteiger partial charge in [-0.1, -0.05) is 36.7 Å². The van der Waals surface area contributed by atoms with Crippen molar-refractivity contribution in [3.05, 3.63) is 63.5 Å². The van der Waals surface area contributed by atoms with Crippen molar-refractivity contribution in [2.45, 2.75) is 25.6 Å². The zero-order chi connectivity index (χ0) is 23.5. The van der Waals surface area contributed by atoms with Gasteiger partial charge in [0.2, 0.25) is 0 Å². The number of hydrogen-bond acceptors (Lipinski definition) is 5. The fraction of sp³-hybridized carbons (Fsp3) is 0.190. The van der Waals surface area contributed by atoms with Crippen LogP contribution in [-0.4, -0.2) is 28.3 Å². The molecule has 0 bridgehead atoms. The molecule has 1 fully saturated rings. The maximum atomic E-state index is 13.0. The highest BCUT2D eigenvalue weighted by Crippen LogP contribution is 2.37. The van der Waals surface area contributed by atoms with Crippen LogP contribution in [0.4, 0.5) is 18.9 Å². The standard InChI is InChI=1S/C21H16ClF3N2O4S/c1-2-15(19(29)30)31-16-6-4-3-5-11(16)9-17-18(28)27-20(32-17)26-12-7-8-14(22)13(10-12)21(23,24)25/h3-10,15H,2H2,1H3,(H,29,30)(H,26,27,28)/b17-9+. The van der Waals surface area contributed by atoms with Crippen LogP contribution in [0.3, 0.4) is 0 Å². The molecule has 0 radical (unpaired) electrons. The summed E-state index contributed by atoms with van der Waals surface area (Å²) in [5.41, 5.74) is -0.584. The Kier molecular flexibility index (Phi) is 7.15. The lowest BCUT2D eigenvalue weighted by molar-refractivity contribution is -0.145. The van der Waals surface area contributed by atoms with E-state index < -0.39 is 34.7 Å². The lowest BCUT2D eigenvalue weighted by Gasteiger charge is -2.15. The summed E-state index contributed by atoms with van der Waals surface area (Å²) in [6.45, 7) is 1.67. The third-order valence-electron chi connectivity index (χ3n) is 4.26. The van der Waals surface area contributed by atoms with Crippen molar-refractivity contribution in [2.75, 3.05) is 0 Å². The van der Waals surface area contributed by atoms with E-state index in [-0.39, 0.29) is 27.9 Å². The zero-order valence-corrected chi connectivity index (χ0v) is 18.0. The maximum Gasteiger partial charge on any atom is 0.417 e. The first kappa shape index (κ1) is 23.7. The predicted octanol–water partition coefficient (Wildman–Crippen LogP) is 5.49. The van der Waals surface area contributed by atoms with Crippen LogP contribution >= 0.6 is 23.4 Å². The molecule has 1 heterocycles. The van der Waals surface area contributed by atoms with Crippen LogP contribution in [0, 0.1) is 0 Å². The van der Waals surface area contributed by atoms with E-state index in [4.69, 9.17) is 16.3 Å². The number of para-hydroxylation sites is 1. The molecule has 1 amide bonds. The first-order valence-electron chi connectivity index (χ1n) is 9.23. The van der Waals surface area contributed by atoms with Gasteiger partial charge in [0.05, 0.1) is 21.2 Å². The summed E-state index contributed by atoms with van der Waals surface area (Å²) < 4.78 is 44.7. The van der Waals surface area contributed by atoms with Gasteiger partial charge in [-0.05, 0) is 48.5 Å². The minimum Gasteiger partial charge on any atom is -0.479 e. The molecule has 2 aromatic carbocycles. The van der Waals surface area contributed by atoms with Crippen LogP contribution in [0.15, 0.2) is 52.4 Å². The minimum absolute atomic E-state index is 0.0262. The van der Waals surface area contributed by atoms with E-state index in [0.717, 1.165) is 23.9 Å². The first-order chi connectivity index (χ1) is 15.1. The van der Waals surface area contributed by atoms with Crippen LogP contribution in [0.1, 0.15) is 24.5 Å². The van der Waals surface area contributed by atoms with Gasteiger partial charge in [0.1, 0.15) is 5.75 Å². The Balaban J connectivity index is 1.86. The van der Waals surface area contributed by atoms with Gasteiger partial charge in [-0.25, -0.2) is 9.79 Å². The van der Waals surface area contributed by atoms with Gasteiger partial charge in [0, 0.05) is 5.56 Å². The fourth-order valence-corrected chi connectivity index (χ4v) is 3.77. The second kappa shape index (κ2) is 9.66. The number of hydrogen-bond donors (Lipinski definition) is 2. The zero-order valence-electron chi connectivity index (χ0n) is 16.4. The highest BCUT2D eigenvalue weighted by molar-refractivity contribution is 8.18. The molecule has 6 nitrogen and oxygen atoms in total. The Bertz CT molecular complexity index is 1120. The second-order valence-electron chi connectivity index (χ2n) is 6.53. The van der Waals surface area contributed by atoms with Gasteiger partial charge in [0.15, 0.2) is 11.3 Å². The van der Waals surface area contributed by atoms with E-state index in [1.165, 1.54) is 12.1 Å². The van der Waals surface area contributed by atoms with Crippen molar-refractivity contribution in [3.63, 3.8) is 0 Å². The number of benzene rings is 2. The van der Waals surface area contributed by atoms with Crippen molar-refractivity contribution in [1.82, 2.24) is 5.32 Å². The molecule has 0 spiro atoms. The van der Waals surface area contributed by atoms with Gasteiger partial charge in [-0.3, -0.25) is 4.79 Å². The molecule has 1 saturated heterocycles. The highest BCUT2D eigenvalue weighted by Gasteiger charge is 2.33. The van der Waals surface area contributed by atoms with Crippen molar-refractivity contribution in [2.24, 2.45) is 4.99 Å². The SMILES string of the molecule is CCC(Oc1ccccc1/C=C1/SC(=Nc2ccc(Cl)c(C(F)(F)F)c2)NC1=O)C(=O)O. The van der Waals surface area contributed by atoms with Gasteiger partial charge >= 0.3 is 12.1 Å².